The van der Waals surface area contributed by atoms with Crippen molar-refractivity contribution in [3.63, 3.8) is 0 Å². The fourth-order valence-electron chi connectivity index (χ4n) is 2.89. The number of aromatic amines is 1. The van der Waals surface area contributed by atoms with Crippen LogP contribution in [0.2, 0.25) is 0 Å². The molecule has 1 aromatic heterocycles. The van der Waals surface area contributed by atoms with Gasteiger partial charge in [0.2, 0.25) is 5.95 Å². The first kappa shape index (κ1) is 20.2. The number of ether oxygens (including phenoxy) is 1. The van der Waals surface area contributed by atoms with Gasteiger partial charge < -0.3 is 20.1 Å². The van der Waals surface area contributed by atoms with Gasteiger partial charge in [0.15, 0.2) is 0 Å². The standard InChI is InChI=1S/C21H24N4O4/c1-2-3-4-7-12-29-14-10-11-16(15(13-14)19(26)27)24-21(28)25-20-22-17-8-5-6-9-18(17)23-20/h5-6,8-11,13H,2-4,7,12H2,1H3,(H,26,27)(H3,22,23,24,25,28). The number of imidazole rings is 1. The third-order valence-electron chi connectivity index (χ3n) is 4.36. The predicted molar refractivity (Wildman–Crippen MR) is 112 cm³/mol. The number of carbonyl (C=O) groups is 2. The average molecular weight is 396 g/mol. The Kier molecular flexibility index (Phi) is 6.67. The lowest BCUT2D eigenvalue weighted by atomic mass is 10.1. The second-order valence-corrected chi connectivity index (χ2v) is 6.60. The lowest BCUT2D eigenvalue weighted by Gasteiger charge is -2.11. The molecule has 0 radical (unpaired) electrons. The van der Waals surface area contributed by atoms with Crippen LogP contribution in [-0.4, -0.2) is 33.7 Å². The Bertz CT molecular complexity index is 966. The topological polar surface area (TPSA) is 116 Å². The summed E-state index contributed by atoms with van der Waals surface area (Å²) >= 11 is 0. The Hall–Kier alpha value is -3.55. The number of nitrogens with zero attached hydrogens (tertiary/aromatic N) is 1. The van der Waals surface area contributed by atoms with Gasteiger partial charge in [0.05, 0.1) is 28.9 Å². The zero-order valence-electron chi connectivity index (χ0n) is 16.2. The lowest BCUT2D eigenvalue weighted by Crippen LogP contribution is -2.21. The van der Waals surface area contributed by atoms with E-state index in [1.807, 2.05) is 24.3 Å². The number of hydrogen-bond donors (Lipinski definition) is 4. The number of benzene rings is 2. The third-order valence-corrected chi connectivity index (χ3v) is 4.36. The number of carboxylic acid groups (broad SMARTS) is 1. The fourth-order valence-corrected chi connectivity index (χ4v) is 2.89. The molecule has 0 aliphatic carbocycles. The first-order valence-electron chi connectivity index (χ1n) is 9.59. The molecule has 0 saturated heterocycles. The highest BCUT2D eigenvalue weighted by molar-refractivity contribution is 6.04. The van der Waals surface area contributed by atoms with E-state index in [0.717, 1.165) is 36.7 Å². The summed E-state index contributed by atoms with van der Waals surface area (Å²) in [5.74, 6) is -0.421. The second-order valence-electron chi connectivity index (χ2n) is 6.60. The van der Waals surface area contributed by atoms with Crippen molar-refractivity contribution in [3.05, 3.63) is 48.0 Å². The maximum Gasteiger partial charge on any atom is 0.337 e. The van der Waals surface area contributed by atoms with Crippen LogP contribution in [0.3, 0.4) is 0 Å². The minimum atomic E-state index is -1.15. The van der Waals surface area contributed by atoms with Gasteiger partial charge in [0.1, 0.15) is 5.75 Å². The maximum atomic E-state index is 12.3. The maximum absolute atomic E-state index is 12.3. The van der Waals surface area contributed by atoms with Crippen LogP contribution in [-0.2, 0) is 0 Å². The van der Waals surface area contributed by atoms with Gasteiger partial charge in [0, 0.05) is 0 Å². The monoisotopic (exact) mass is 396 g/mol. The molecule has 0 aliphatic heterocycles. The average Bonchev–Trinajstić information content (AvgIpc) is 3.10. The molecule has 152 valence electrons. The minimum absolute atomic E-state index is 0.0455. The van der Waals surface area contributed by atoms with E-state index in [2.05, 4.69) is 27.5 Å². The van der Waals surface area contributed by atoms with E-state index in [-0.39, 0.29) is 17.2 Å². The van der Waals surface area contributed by atoms with Gasteiger partial charge in [-0.3, -0.25) is 5.32 Å². The molecule has 0 atom stereocenters. The molecule has 1 heterocycles. The van der Waals surface area contributed by atoms with E-state index in [4.69, 9.17) is 4.74 Å². The number of H-pyrrole nitrogens is 1. The molecule has 2 amide bonds. The number of carbonyl (C=O) groups excluding carboxylic acids is 1. The largest absolute Gasteiger partial charge is 0.494 e. The number of hydrogen-bond acceptors (Lipinski definition) is 4. The first-order chi connectivity index (χ1) is 14.1. The summed E-state index contributed by atoms with van der Waals surface area (Å²) in [6, 6.07) is 11.3. The van der Waals surface area contributed by atoms with Gasteiger partial charge in [-0.15, -0.1) is 0 Å². The second kappa shape index (κ2) is 9.59. The van der Waals surface area contributed by atoms with Crippen molar-refractivity contribution in [3.8, 4) is 5.75 Å². The highest BCUT2D eigenvalue weighted by Crippen LogP contribution is 2.23. The highest BCUT2D eigenvalue weighted by Gasteiger charge is 2.15. The number of unbranched alkanes of at least 4 members (excludes halogenated alkanes) is 3. The molecule has 0 saturated carbocycles. The van der Waals surface area contributed by atoms with Crippen LogP contribution >= 0.6 is 0 Å². The summed E-state index contributed by atoms with van der Waals surface area (Å²) in [4.78, 5) is 31.1. The van der Waals surface area contributed by atoms with Crippen molar-refractivity contribution in [1.29, 1.82) is 0 Å². The fraction of sp³-hybridized carbons (Fsp3) is 0.286. The number of para-hydroxylation sites is 2. The van der Waals surface area contributed by atoms with Gasteiger partial charge in [-0.1, -0.05) is 38.3 Å². The molecular formula is C21H24N4O4. The molecule has 0 bridgehead atoms. The predicted octanol–water partition coefficient (Wildman–Crippen LogP) is 4.86. The number of carboxylic acids is 1. The van der Waals surface area contributed by atoms with E-state index in [0.29, 0.717) is 12.4 Å². The molecule has 3 aromatic rings. The zero-order chi connectivity index (χ0) is 20.6. The number of urea groups is 1. The van der Waals surface area contributed by atoms with Crippen molar-refractivity contribution in [2.24, 2.45) is 0 Å². The number of rotatable bonds is 9. The van der Waals surface area contributed by atoms with Crippen LogP contribution < -0.4 is 15.4 Å². The van der Waals surface area contributed by atoms with Crippen molar-refractivity contribution in [2.75, 3.05) is 17.2 Å². The minimum Gasteiger partial charge on any atom is -0.494 e. The van der Waals surface area contributed by atoms with Crippen molar-refractivity contribution in [2.45, 2.75) is 32.6 Å². The first-order valence-corrected chi connectivity index (χ1v) is 9.59. The summed E-state index contributed by atoms with van der Waals surface area (Å²) in [6.45, 7) is 2.66. The summed E-state index contributed by atoms with van der Waals surface area (Å²) < 4.78 is 5.63. The SMILES string of the molecule is CCCCCCOc1ccc(NC(=O)Nc2nc3ccccc3[nH]2)c(C(=O)O)c1. The highest BCUT2D eigenvalue weighted by atomic mass is 16.5. The molecule has 0 unspecified atom stereocenters. The molecule has 3 rings (SSSR count). The molecule has 0 aliphatic rings. The van der Waals surface area contributed by atoms with Gasteiger partial charge in [-0.25, -0.2) is 14.6 Å². The lowest BCUT2D eigenvalue weighted by molar-refractivity contribution is 0.0697. The quantitative estimate of drug-likeness (QED) is 0.385. The van der Waals surface area contributed by atoms with Crippen molar-refractivity contribution in [1.82, 2.24) is 9.97 Å². The Morgan fingerprint density at radius 2 is 1.93 bits per heavy atom. The van der Waals surface area contributed by atoms with Crippen LogP contribution in [0.5, 0.6) is 5.75 Å². The van der Waals surface area contributed by atoms with E-state index >= 15 is 0 Å². The van der Waals surface area contributed by atoms with E-state index in [1.165, 1.54) is 12.1 Å². The molecule has 0 spiro atoms. The van der Waals surface area contributed by atoms with Crippen LogP contribution in [0.25, 0.3) is 11.0 Å². The summed E-state index contributed by atoms with van der Waals surface area (Å²) in [7, 11) is 0. The Balaban J connectivity index is 1.64. The summed E-state index contributed by atoms with van der Waals surface area (Å²) in [5.41, 5.74) is 1.63. The van der Waals surface area contributed by atoms with Gasteiger partial charge in [-0.05, 0) is 36.8 Å². The van der Waals surface area contributed by atoms with Crippen LogP contribution in [0.4, 0.5) is 16.4 Å². The van der Waals surface area contributed by atoms with E-state index < -0.39 is 12.0 Å². The van der Waals surface area contributed by atoms with Crippen molar-refractivity contribution < 1.29 is 19.4 Å². The third kappa shape index (κ3) is 5.47. The number of fused-ring (bicyclic) bond motifs is 1. The van der Waals surface area contributed by atoms with E-state index in [1.54, 1.807) is 6.07 Å². The van der Waals surface area contributed by atoms with Crippen LogP contribution in [0.15, 0.2) is 42.5 Å². The smallest absolute Gasteiger partial charge is 0.337 e. The molecule has 29 heavy (non-hydrogen) atoms. The molecule has 2 aromatic carbocycles. The normalized spacial score (nSPS) is 10.7. The molecule has 8 heteroatoms. The Morgan fingerprint density at radius 3 is 2.69 bits per heavy atom. The molecule has 4 N–H and O–H groups in total. The summed E-state index contributed by atoms with van der Waals surface area (Å²) in [5, 5.41) is 14.6. The van der Waals surface area contributed by atoms with Gasteiger partial charge in [-0.2, -0.15) is 0 Å². The number of aromatic nitrogens is 2. The zero-order valence-corrected chi connectivity index (χ0v) is 16.2. The Labute approximate surface area is 168 Å². The number of anilines is 2. The number of amides is 2. The number of nitrogens with one attached hydrogen (secondary N) is 3. The Morgan fingerprint density at radius 1 is 1.10 bits per heavy atom. The molecule has 0 fully saturated rings. The number of aromatic carboxylic acids is 1. The summed E-state index contributed by atoms with van der Waals surface area (Å²) in [6.07, 6.45) is 4.27. The van der Waals surface area contributed by atoms with Gasteiger partial charge >= 0.3 is 12.0 Å². The van der Waals surface area contributed by atoms with Crippen LogP contribution in [0, 0.1) is 0 Å². The molecule has 8 nitrogen and oxygen atoms in total. The van der Waals surface area contributed by atoms with E-state index in [9.17, 15) is 14.7 Å². The van der Waals surface area contributed by atoms with Crippen molar-refractivity contribution >= 4 is 34.7 Å². The molecular weight excluding hydrogens is 372 g/mol. The van der Waals surface area contributed by atoms with Gasteiger partial charge in [0.25, 0.3) is 0 Å². The van der Waals surface area contributed by atoms with Crippen LogP contribution in [0.1, 0.15) is 43.0 Å².